The Morgan fingerprint density at radius 2 is 2.04 bits per heavy atom. The SMILES string of the molecule is COc1c(C(=O)O)nc(N2CCOCC2)nc1-c1cccc(-n2cccn2)c1. The highest BCUT2D eigenvalue weighted by molar-refractivity contribution is 5.92. The van der Waals surface area contributed by atoms with E-state index in [4.69, 9.17) is 9.47 Å². The van der Waals surface area contributed by atoms with E-state index in [-0.39, 0.29) is 11.4 Å². The van der Waals surface area contributed by atoms with Crippen LogP contribution in [0, 0.1) is 0 Å². The summed E-state index contributed by atoms with van der Waals surface area (Å²) in [4.78, 5) is 22.6. The number of morpholine rings is 1. The van der Waals surface area contributed by atoms with Crippen molar-refractivity contribution in [3.05, 3.63) is 48.4 Å². The predicted molar refractivity (Wildman–Crippen MR) is 101 cm³/mol. The van der Waals surface area contributed by atoms with Crippen LogP contribution in [-0.4, -0.2) is 64.2 Å². The highest BCUT2D eigenvalue weighted by Gasteiger charge is 2.25. The molecule has 1 aliphatic rings. The monoisotopic (exact) mass is 381 g/mol. The lowest BCUT2D eigenvalue weighted by Crippen LogP contribution is -2.37. The molecule has 144 valence electrons. The van der Waals surface area contributed by atoms with Crippen molar-refractivity contribution in [1.82, 2.24) is 19.7 Å². The van der Waals surface area contributed by atoms with Gasteiger partial charge in [0, 0.05) is 31.0 Å². The molecule has 1 aliphatic heterocycles. The van der Waals surface area contributed by atoms with Crippen molar-refractivity contribution in [2.24, 2.45) is 0 Å². The van der Waals surface area contributed by atoms with Gasteiger partial charge in [0.1, 0.15) is 5.69 Å². The average molecular weight is 381 g/mol. The van der Waals surface area contributed by atoms with Crippen molar-refractivity contribution in [2.75, 3.05) is 38.3 Å². The lowest BCUT2D eigenvalue weighted by Gasteiger charge is -2.27. The van der Waals surface area contributed by atoms with Gasteiger partial charge in [0.05, 0.1) is 26.0 Å². The molecule has 0 bridgehead atoms. The summed E-state index contributed by atoms with van der Waals surface area (Å²) in [7, 11) is 1.42. The molecule has 1 aromatic carbocycles. The van der Waals surface area contributed by atoms with Crippen molar-refractivity contribution < 1.29 is 19.4 Å². The van der Waals surface area contributed by atoms with Crippen molar-refractivity contribution in [3.63, 3.8) is 0 Å². The Hall–Kier alpha value is -3.46. The molecule has 1 N–H and O–H groups in total. The molecule has 0 amide bonds. The quantitative estimate of drug-likeness (QED) is 0.715. The number of aromatic nitrogens is 4. The molecule has 0 radical (unpaired) electrons. The Kier molecular flexibility index (Phi) is 4.90. The third kappa shape index (κ3) is 3.39. The molecule has 3 aromatic rings. The maximum Gasteiger partial charge on any atom is 0.358 e. The van der Waals surface area contributed by atoms with E-state index < -0.39 is 5.97 Å². The lowest BCUT2D eigenvalue weighted by molar-refractivity contribution is 0.0686. The van der Waals surface area contributed by atoms with Crippen LogP contribution in [0.2, 0.25) is 0 Å². The molecule has 0 atom stereocenters. The average Bonchev–Trinajstić information content (AvgIpc) is 3.28. The van der Waals surface area contributed by atoms with Gasteiger partial charge >= 0.3 is 5.97 Å². The van der Waals surface area contributed by atoms with Gasteiger partial charge in [-0.15, -0.1) is 0 Å². The molecule has 0 saturated carbocycles. The van der Waals surface area contributed by atoms with Gasteiger partial charge in [-0.3, -0.25) is 0 Å². The molecule has 3 heterocycles. The van der Waals surface area contributed by atoms with Gasteiger partial charge < -0.3 is 19.5 Å². The number of rotatable bonds is 5. The van der Waals surface area contributed by atoms with E-state index in [9.17, 15) is 9.90 Å². The van der Waals surface area contributed by atoms with Crippen molar-refractivity contribution >= 4 is 11.9 Å². The first kappa shape index (κ1) is 17.9. The first-order valence-corrected chi connectivity index (χ1v) is 8.80. The van der Waals surface area contributed by atoms with Crippen molar-refractivity contribution in [1.29, 1.82) is 0 Å². The zero-order valence-corrected chi connectivity index (χ0v) is 15.3. The number of carboxylic acid groups (broad SMARTS) is 1. The first-order chi connectivity index (χ1) is 13.7. The number of aromatic carboxylic acids is 1. The number of carboxylic acids is 1. The number of hydrogen-bond acceptors (Lipinski definition) is 7. The molecular formula is C19H19N5O4. The van der Waals surface area contributed by atoms with Crippen molar-refractivity contribution in [3.8, 4) is 22.7 Å². The van der Waals surface area contributed by atoms with Crippen LogP contribution in [0.1, 0.15) is 10.5 Å². The lowest BCUT2D eigenvalue weighted by atomic mass is 10.1. The van der Waals surface area contributed by atoms with Crippen LogP contribution >= 0.6 is 0 Å². The van der Waals surface area contributed by atoms with Crippen LogP contribution < -0.4 is 9.64 Å². The normalized spacial score (nSPS) is 14.1. The molecule has 0 unspecified atom stereocenters. The van der Waals surface area contributed by atoms with Gasteiger partial charge in [0.2, 0.25) is 5.95 Å². The number of hydrogen-bond donors (Lipinski definition) is 1. The first-order valence-electron chi connectivity index (χ1n) is 8.80. The van der Waals surface area contributed by atoms with Crippen LogP contribution in [0.3, 0.4) is 0 Å². The minimum atomic E-state index is -1.17. The number of anilines is 1. The van der Waals surface area contributed by atoms with E-state index in [2.05, 4.69) is 15.1 Å². The van der Waals surface area contributed by atoms with E-state index in [1.54, 1.807) is 10.9 Å². The summed E-state index contributed by atoms with van der Waals surface area (Å²) >= 11 is 0. The van der Waals surface area contributed by atoms with Crippen LogP contribution in [0.4, 0.5) is 5.95 Å². The number of ether oxygens (including phenoxy) is 2. The molecule has 1 fully saturated rings. The van der Waals surface area contributed by atoms with Crippen LogP contribution in [0.15, 0.2) is 42.7 Å². The zero-order chi connectivity index (χ0) is 19.5. The van der Waals surface area contributed by atoms with Crippen LogP contribution in [0.25, 0.3) is 16.9 Å². The van der Waals surface area contributed by atoms with Gasteiger partial charge in [-0.05, 0) is 18.2 Å². The molecule has 0 aliphatic carbocycles. The largest absolute Gasteiger partial charge is 0.492 e. The second-order valence-corrected chi connectivity index (χ2v) is 6.16. The molecule has 0 spiro atoms. The van der Waals surface area contributed by atoms with E-state index in [0.717, 1.165) is 5.69 Å². The summed E-state index contributed by atoms with van der Waals surface area (Å²) in [6, 6.07) is 9.34. The summed E-state index contributed by atoms with van der Waals surface area (Å²) in [5, 5.41) is 13.9. The Morgan fingerprint density at radius 3 is 2.71 bits per heavy atom. The second kappa shape index (κ2) is 7.65. The molecule has 28 heavy (non-hydrogen) atoms. The summed E-state index contributed by atoms with van der Waals surface area (Å²) in [5.41, 5.74) is 1.79. The Labute approximate surface area is 161 Å². The highest BCUT2D eigenvalue weighted by Crippen LogP contribution is 2.33. The van der Waals surface area contributed by atoms with Crippen LogP contribution in [-0.2, 0) is 4.74 Å². The minimum Gasteiger partial charge on any atom is -0.492 e. The molecule has 9 heteroatoms. The Morgan fingerprint density at radius 1 is 1.21 bits per heavy atom. The molecular weight excluding hydrogens is 362 g/mol. The second-order valence-electron chi connectivity index (χ2n) is 6.16. The number of methoxy groups -OCH3 is 1. The van der Waals surface area contributed by atoms with Gasteiger partial charge in [-0.2, -0.15) is 5.10 Å². The summed E-state index contributed by atoms with van der Waals surface area (Å²) in [5.74, 6) is -0.693. The van der Waals surface area contributed by atoms with Crippen LogP contribution in [0.5, 0.6) is 5.75 Å². The van der Waals surface area contributed by atoms with Gasteiger partial charge in [-0.25, -0.2) is 19.4 Å². The molecule has 9 nitrogen and oxygen atoms in total. The van der Waals surface area contributed by atoms with Gasteiger partial charge in [-0.1, -0.05) is 12.1 Å². The summed E-state index contributed by atoms with van der Waals surface area (Å²) < 4.78 is 12.5. The standard InChI is InChI=1S/C19H19N5O4/c1-27-17-15(13-4-2-5-14(12-13)24-7-3-6-20-24)21-19(22-16(17)18(25)26)23-8-10-28-11-9-23/h2-7,12H,8-11H2,1H3,(H,25,26). The Balaban J connectivity index is 1.86. The highest BCUT2D eigenvalue weighted by atomic mass is 16.5. The summed E-state index contributed by atoms with van der Waals surface area (Å²) in [6.45, 7) is 2.28. The minimum absolute atomic E-state index is 0.127. The summed E-state index contributed by atoms with van der Waals surface area (Å²) in [6.07, 6.45) is 3.52. The fraction of sp³-hybridized carbons (Fsp3) is 0.263. The zero-order valence-electron chi connectivity index (χ0n) is 15.3. The van der Waals surface area contributed by atoms with E-state index >= 15 is 0 Å². The number of benzene rings is 1. The van der Waals surface area contributed by atoms with E-state index in [1.165, 1.54) is 7.11 Å². The smallest absolute Gasteiger partial charge is 0.358 e. The van der Waals surface area contributed by atoms with E-state index in [1.807, 2.05) is 41.4 Å². The maximum absolute atomic E-state index is 11.8. The van der Waals surface area contributed by atoms with E-state index in [0.29, 0.717) is 43.5 Å². The molecule has 4 rings (SSSR count). The third-order valence-electron chi connectivity index (χ3n) is 4.44. The fourth-order valence-corrected chi connectivity index (χ4v) is 3.09. The number of carbonyl (C=O) groups is 1. The molecule has 2 aromatic heterocycles. The van der Waals surface area contributed by atoms with Crippen molar-refractivity contribution in [2.45, 2.75) is 0 Å². The predicted octanol–water partition coefficient (Wildman–Crippen LogP) is 1.87. The third-order valence-corrected chi connectivity index (χ3v) is 4.44. The van der Waals surface area contributed by atoms with Gasteiger partial charge in [0.15, 0.2) is 11.4 Å². The Bertz CT molecular complexity index is 984. The number of nitrogens with zero attached hydrogens (tertiary/aromatic N) is 5. The fourth-order valence-electron chi connectivity index (χ4n) is 3.09. The maximum atomic E-state index is 11.8. The topological polar surface area (TPSA) is 103 Å². The molecule has 1 saturated heterocycles. The van der Waals surface area contributed by atoms with Gasteiger partial charge in [0.25, 0.3) is 0 Å².